The van der Waals surface area contributed by atoms with Crippen LogP contribution >= 0.6 is 0 Å². The van der Waals surface area contributed by atoms with Gasteiger partial charge in [-0.2, -0.15) is 0 Å². The Morgan fingerprint density at radius 3 is 3.07 bits per heavy atom. The van der Waals surface area contributed by atoms with Crippen LogP contribution in [0.4, 0.5) is 0 Å². The SMILES string of the molecule is COc1ccnc(C2=CCN(N)CC2)c1. The molecule has 1 aliphatic rings. The molecule has 0 amide bonds. The molecule has 1 aromatic heterocycles. The molecule has 15 heavy (non-hydrogen) atoms. The fourth-order valence-electron chi connectivity index (χ4n) is 1.63. The number of rotatable bonds is 2. The van der Waals surface area contributed by atoms with Crippen LogP contribution in [-0.4, -0.2) is 30.2 Å². The molecule has 2 heterocycles. The van der Waals surface area contributed by atoms with E-state index in [0.29, 0.717) is 0 Å². The molecule has 2 rings (SSSR count). The highest BCUT2D eigenvalue weighted by atomic mass is 16.5. The molecule has 2 N–H and O–H groups in total. The van der Waals surface area contributed by atoms with E-state index in [1.165, 1.54) is 5.57 Å². The highest BCUT2D eigenvalue weighted by Crippen LogP contribution is 2.22. The van der Waals surface area contributed by atoms with Crippen molar-refractivity contribution in [2.24, 2.45) is 5.84 Å². The summed E-state index contributed by atoms with van der Waals surface area (Å²) in [6, 6.07) is 3.81. The molecule has 0 radical (unpaired) electrons. The van der Waals surface area contributed by atoms with E-state index in [1.54, 1.807) is 18.3 Å². The van der Waals surface area contributed by atoms with Crippen LogP contribution in [0.5, 0.6) is 5.75 Å². The average molecular weight is 205 g/mol. The van der Waals surface area contributed by atoms with Crippen molar-refractivity contribution in [3.05, 3.63) is 30.1 Å². The standard InChI is InChI=1S/C11H15N3O/c1-15-10-2-5-13-11(8-10)9-3-6-14(12)7-4-9/h2-3,5,8H,4,6-7,12H2,1H3. The number of hydrogen-bond donors (Lipinski definition) is 1. The molecule has 4 heteroatoms. The third kappa shape index (κ3) is 2.34. The Labute approximate surface area is 89.3 Å². The van der Waals surface area contributed by atoms with Gasteiger partial charge in [-0.1, -0.05) is 6.08 Å². The largest absolute Gasteiger partial charge is 0.497 e. The number of nitrogens with zero attached hydrogens (tertiary/aromatic N) is 2. The van der Waals surface area contributed by atoms with Gasteiger partial charge in [0.15, 0.2) is 0 Å². The first kappa shape index (κ1) is 10.1. The number of ether oxygens (including phenoxy) is 1. The molecule has 0 saturated heterocycles. The number of hydrazine groups is 1. The van der Waals surface area contributed by atoms with Gasteiger partial charge in [0.25, 0.3) is 0 Å². The van der Waals surface area contributed by atoms with E-state index in [1.807, 2.05) is 12.1 Å². The molecule has 0 aromatic carbocycles. The van der Waals surface area contributed by atoms with Crippen LogP contribution in [0.1, 0.15) is 12.1 Å². The summed E-state index contributed by atoms with van der Waals surface area (Å²) < 4.78 is 5.16. The van der Waals surface area contributed by atoms with Gasteiger partial charge in [-0.3, -0.25) is 10.8 Å². The molecule has 4 nitrogen and oxygen atoms in total. The minimum absolute atomic E-state index is 0.786. The number of methoxy groups -OCH3 is 1. The summed E-state index contributed by atoms with van der Waals surface area (Å²) in [6.07, 6.45) is 4.83. The highest BCUT2D eigenvalue weighted by molar-refractivity contribution is 5.64. The molecule has 0 fully saturated rings. The average Bonchev–Trinajstić information content (AvgIpc) is 2.30. The maximum Gasteiger partial charge on any atom is 0.122 e. The minimum Gasteiger partial charge on any atom is -0.497 e. The summed E-state index contributed by atoms with van der Waals surface area (Å²) in [5.74, 6) is 6.52. The van der Waals surface area contributed by atoms with Crippen molar-refractivity contribution < 1.29 is 4.74 Å². The summed E-state index contributed by atoms with van der Waals surface area (Å²) in [5, 5.41) is 1.80. The maximum atomic E-state index is 5.67. The van der Waals surface area contributed by atoms with Gasteiger partial charge in [0.1, 0.15) is 5.75 Å². The molecule has 1 aliphatic heterocycles. The minimum atomic E-state index is 0.786. The molecule has 0 saturated carbocycles. The molecule has 1 aromatic rings. The second-order valence-electron chi connectivity index (χ2n) is 3.56. The van der Waals surface area contributed by atoms with Crippen LogP contribution in [-0.2, 0) is 0 Å². The normalized spacial score (nSPS) is 17.3. The second-order valence-corrected chi connectivity index (χ2v) is 3.56. The van der Waals surface area contributed by atoms with E-state index in [4.69, 9.17) is 10.6 Å². The van der Waals surface area contributed by atoms with Gasteiger partial charge in [0, 0.05) is 25.4 Å². The van der Waals surface area contributed by atoms with E-state index in [2.05, 4.69) is 11.1 Å². The summed E-state index contributed by atoms with van der Waals surface area (Å²) in [6.45, 7) is 1.67. The van der Waals surface area contributed by atoms with Crippen molar-refractivity contribution in [3.63, 3.8) is 0 Å². The fraction of sp³-hybridized carbons (Fsp3) is 0.364. The van der Waals surface area contributed by atoms with E-state index in [9.17, 15) is 0 Å². The number of hydrogen-bond acceptors (Lipinski definition) is 4. The van der Waals surface area contributed by atoms with Crippen LogP contribution in [0.3, 0.4) is 0 Å². The predicted octanol–water partition coefficient (Wildman–Crippen LogP) is 1.05. The lowest BCUT2D eigenvalue weighted by molar-refractivity contribution is 0.314. The molecular weight excluding hydrogens is 190 g/mol. The first-order valence-corrected chi connectivity index (χ1v) is 4.98. The van der Waals surface area contributed by atoms with Crippen LogP contribution in [0.25, 0.3) is 5.57 Å². The lowest BCUT2D eigenvalue weighted by atomic mass is 10.1. The lowest BCUT2D eigenvalue weighted by Crippen LogP contribution is -2.34. The molecule has 0 bridgehead atoms. The van der Waals surface area contributed by atoms with Crippen molar-refractivity contribution in [2.75, 3.05) is 20.2 Å². The zero-order chi connectivity index (χ0) is 10.7. The predicted molar refractivity (Wildman–Crippen MR) is 59.1 cm³/mol. The molecule has 0 atom stereocenters. The Bertz CT molecular complexity index is 376. The first-order valence-electron chi connectivity index (χ1n) is 4.98. The first-order chi connectivity index (χ1) is 7.29. The van der Waals surface area contributed by atoms with Crippen molar-refractivity contribution in [2.45, 2.75) is 6.42 Å². The van der Waals surface area contributed by atoms with Gasteiger partial charge in [-0.05, 0) is 18.1 Å². The van der Waals surface area contributed by atoms with Gasteiger partial charge in [-0.25, -0.2) is 5.01 Å². The summed E-state index contributed by atoms with van der Waals surface area (Å²) in [5.41, 5.74) is 2.23. The summed E-state index contributed by atoms with van der Waals surface area (Å²) >= 11 is 0. The third-order valence-corrected chi connectivity index (χ3v) is 2.54. The van der Waals surface area contributed by atoms with Crippen LogP contribution in [0.15, 0.2) is 24.4 Å². The van der Waals surface area contributed by atoms with Crippen LogP contribution < -0.4 is 10.6 Å². The van der Waals surface area contributed by atoms with E-state index < -0.39 is 0 Å². The summed E-state index contributed by atoms with van der Waals surface area (Å²) in [4.78, 5) is 4.33. The van der Waals surface area contributed by atoms with Crippen LogP contribution in [0, 0.1) is 0 Å². The Morgan fingerprint density at radius 1 is 1.53 bits per heavy atom. The van der Waals surface area contributed by atoms with Crippen molar-refractivity contribution in [3.8, 4) is 5.75 Å². The second kappa shape index (κ2) is 4.42. The van der Waals surface area contributed by atoms with E-state index in [0.717, 1.165) is 31.0 Å². The molecule has 0 aliphatic carbocycles. The monoisotopic (exact) mass is 205 g/mol. The van der Waals surface area contributed by atoms with Crippen molar-refractivity contribution in [1.82, 2.24) is 9.99 Å². The van der Waals surface area contributed by atoms with E-state index in [-0.39, 0.29) is 0 Å². The third-order valence-electron chi connectivity index (χ3n) is 2.54. The van der Waals surface area contributed by atoms with Gasteiger partial charge < -0.3 is 4.74 Å². The number of pyridine rings is 1. The fourth-order valence-corrected chi connectivity index (χ4v) is 1.63. The Morgan fingerprint density at radius 2 is 2.40 bits per heavy atom. The van der Waals surface area contributed by atoms with Gasteiger partial charge in [-0.15, -0.1) is 0 Å². The van der Waals surface area contributed by atoms with Gasteiger partial charge >= 0.3 is 0 Å². The highest BCUT2D eigenvalue weighted by Gasteiger charge is 2.11. The quantitative estimate of drug-likeness (QED) is 0.733. The van der Waals surface area contributed by atoms with E-state index >= 15 is 0 Å². The van der Waals surface area contributed by atoms with Gasteiger partial charge in [0.05, 0.1) is 12.8 Å². The van der Waals surface area contributed by atoms with Crippen molar-refractivity contribution in [1.29, 1.82) is 0 Å². The molecule has 80 valence electrons. The zero-order valence-electron chi connectivity index (χ0n) is 8.81. The number of aromatic nitrogens is 1. The Balaban J connectivity index is 2.22. The van der Waals surface area contributed by atoms with Crippen LogP contribution in [0.2, 0.25) is 0 Å². The summed E-state index contributed by atoms with van der Waals surface area (Å²) in [7, 11) is 1.66. The molecule has 0 spiro atoms. The molecule has 0 unspecified atom stereocenters. The zero-order valence-corrected chi connectivity index (χ0v) is 8.81. The van der Waals surface area contributed by atoms with Gasteiger partial charge in [0.2, 0.25) is 0 Å². The Kier molecular flexibility index (Phi) is 2.99. The Hall–Kier alpha value is -1.39. The molecular formula is C11H15N3O. The maximum absolute atomic E-state index is 5.67. The number of nitrogens with two attached hydrogens (primary N) is 1. The smallest absolute Gasteiger partial charge is 0.122 e. The topological polar surface area (TPSA) is 51.4 Å². The van der Waals surface area contributed by atoms with Crippen molar-refractivity contribution >= 4 is 5.57 Å². The lowest BCUT2D eigenvalue weighted by Gasteiger charge is -2.21.